The van der Waals surface area contributed by atoms with E-state index in [1.165, 1.54) is 24.3 Å². The fourth-order valence-electron chi connectivity index (χ4n) is 4.33. The summed E-state index contributed by atoms with van der Waals surface area (Å²) < 4.78 is 25.9. The van der Waals surface area contributed by atoms with Gasteiger partial charge in [0.1, 0.15) is 17.7 Å². The number of hydrazone groups is 2. The molecule has 0 spiro atoms. The number of nitrogens with one attached hydrogen (secondary N) is 2. The van der Waals surface area contributed by atoms with Crippen molar-refractivity contribution < 1.29 is 8.78 Å². The van der Waals surface area contributed by atoms with Gasteiger partial charge in [0.25, 0.3) is 0 Å². The Morgan fingerprint density at radius 2 is 1.18 bits per heavy atom. The highest BCUT2D eigenvalue weighted by Gasteiger charge is 2.26. The van der Waals surface area contributed by atoms with E-state index in [-0.39, 0.29) is 23.5 Å². The number of halogens is 3. The van der Waals surface area contributed by atoms with Crippen LogP contribution in [0.25, 0.3) is 0 Å². The Kier molecular flexibility index (Phi) is 7.85. The third-order valence-corrected chi connectivity index (χ3v) is 6.53. The molecule has 0 fully saturated rings. The molecule has 0 saturated carbocycles. The summed E-state index contributed by atoms with van der Waals surface area (Å²) >= 11 is 5.84. The van der Waals surface area contributed by atoms with Gasteiger partial charge in [0.05, 0.1) is 45.2 Å². The molecule has 2 aromatic carbocycles. The van der Waals surface area contributed by atoms with Gasteiger partial charge in [-0.05, 0) is 59.7 Å². The number of nitriles is 1. The van der Waals surface area contributed by atoms with Crippen molar-refractivity contribution in [3.8, 4) is 6.07 Å². The Balaban J connectivity index is 0.000000158. The molecular weight excluding hydrogens is 520 g/mol. The van der Waals surface area contributed by atoms with Gasteiger partial charge >= 0.3 is 0 Å². The van der Waals surface area contributed by atoms with E-state index in [1.807, 2.05) is 24.3 Å². The molecule has 7 nitrogen and oxygen atoms in total. The van der Waals surface area contributed by atoms with Crippen LogP contribution in [0.3, 0.4) is 0 Å². The molecule has 0 aliphatic carbocycles. The van der Waals surface area contributed by atoms with Crippen molar-refractivity contribution in [3.05, 3.63) is 130 Å². The van der Waals surface area contributed by atoms with Crippen LogP contribution in [0.5, 0.6) is 0 Å². The largest absolute Gasteiger partial charge is 0.309 e. The van der Waals surface area contributed by atoms with Gasteiger partial charge < -0.3 is 10.9 Å². The summed E-state index contributed by atoms with van der Waals surface area (Å²) in [5.41, 5.74) is 11.7. The van der Waals surface area contributed by atoms with Crippen molar-refractivity contribution in [2.75, 3.05) is 13.1 Å². The van der Waals surface area contributed by atoms with E-state index in [1.54, 1.807) is 42.7 Å². The molecule has 2 aromatic heterocycles. The first-order valence-electron chi connectivity index (χ1n) is 12.1. The molecule has 194 valence electrons. The monoisotopic (exact) mass is 541 g/mol. The first-order chi connectivity index (χ1) is 19.0. The smallest absolute Gasteiger partial charge is 0.123 e. The lowest BCUT2D eigenvalue weighted by molar-refractivity contribution is 0.627. The average molecular weight is 542 g/mol. The van der Waals surface area contributed by atoms with Crippen LogP contribution < -0.4 is 10.9 Å². The van der Waals surface area contributed by atoms with E-state index < -0.39 is 0 Å². The number of hydrogen-bond acceptors (Lipinski definition) is 7. The quantitative estimate of drug-likeness (QED) is 0.372. The van der Waals surface area contributed by atoms with Gasteiger partial charge in [0.15, 0.2) is 0 Å². The Morgan fingerprint density at radius 3 is 1.59 bits per heavy atom. The van der Waals surface area contributed by atoms with Crippen molar-refractivity contribution in [2.24, 2.45) is 10.2 Å². The van der Waals surface area contributed by atoms with E-state index in [0.717, 1.165) is 33.9 Å². The second-order valence-electron chi connectivity index (χ2n) is 8.82. The normalized spacial score (nSPS) is 17.6. The van der Waals surface area contributed by atoms with Crippen LogP contribution in [0.15, 0.2) is 95.4 Å². The highest BCUT2D eigenvalue weighted by atomic mass is 35.5. The molecule has 2 aliphatic heterocycles. The molecule has 0 bridgehead atoms. The fraction of sp³-hybridized carbons (Fsp3) is 0.138. The number of nitrogens with zero attached hydrogens (tertiary/aromatic N) is 5. The highest BCUT2D eigenvalue weighted by molar-refractivity contribution is 6.30. The van der Waals surface area contributed by atoms with Crippen molar-refractivity contribution >= 4 is 23.0 Å². The lowest BCUT2D eigenvalue weighted by Gasteiger charge is -2.11. The van der Waals surface area contributed by atoms with Crippen LogP contribution in [-0.4, -0.2) is 34.5 Å². The molecule has 0 saturated heterocycles. The molecule has 2 N–H and O–H groups in total. The minimum absolute atomic E-state index is 0.00760. The summed E-state index contributed by atoms with van der Waals surface area (Å²) in [5.74, 6) is -0.458. The Bertz CT molecular complexity index is 1530. The van der Waals surface area contributed by atoms with Crippen LogP contribution in [-0.2, 0) is 0 Å². The molecule has 2 unspecified atom stereocenters. The van der Waals surface area contributed by atoms with Crippen LogP contribution in [0.2, 0.25) is 5.02 Å². The van der Waals surface area contributed by atoms with Gasteiger partial charge in [-0.2, -0.15) is 15.5 Å². The van der Waals surface area contributed by atoms with Crippen molar-refractivity contribution in [3.63, 3.8) is 0 Å². The standard InChI is InChI=1S/C15H11FN4.C14H11ClFN3/c16-12-4-2-11(3-5-12)15-13(9-19-20-15)14-6-1-10(7-17)8-18-14;15-10-3-6-13(17-7-10)12-8-18-19-14(12)9-1-4-11(16)5-2-9/h1-6,8,13,19H,9H2;1-7,12,18H,8H2. The Hall–Kier alpha value is -4.68. The molecule has 4 aromatic rings. The zero-order valence-electron chi connectivity index (χ0n) is 20.5. The molecule has 2 atom stereocenters. The molecule has 39 heavy (non-hydrogen) atoms. The predicted molar refractivity (Wildman–Crippen MR) is 146 cm³/mol. The summed E-state index contributed by atoms with van der Waals surface area (Å²) in [4.78, 5) is 8.63. The second-order valence-corrected chi connectivity index (χ2v) is 9.26. The van der Waals surface area contributed by atoms with Crippen LogP contribution in [0.1, 0.15) is 39.9 Å². The maximum Gasteiger partial charge on any atom is 0.123 e. The van der Waals surface area contributed by atoms with Gasteiger partial charge in [-0.3, -0.25) is 9.97 Å². The number of rotatable bonds is 4. The molecular formula is C29H22ClF2N7. The first-order valence-corrected chi connectivity index (χ1v) is 12.5. The Labute approximate surface area is 228 Å². The third kappa shape index (κ3) is 6.08. The summed E-state index contributed by atoms with van der Waals surface area (Å²) in [6, 6.07) is 21.9. The van der Waals surface area contributed by atoms with Gasteiger partial charge in [-0.25, -0.2) is 8.78 Å². The molecule has 2 aliphatic rings. The van der Waals surface area contributed by atoms with E-state index in [9.17, 15) is 8.78 Å². The maximum atomic E-state index is 13.0. The number of pyridine rings is 2. The summed E-state index contributed by atoms with van der Waals surface area (Å²) in [7, 11) is 0. The van der Waals surface area contributed by atoms with Crippen molar-refractivity contribution in [2.45, 2.75) is 11.8 Å². The van der Waals surface area contributed by atoms with Gasteiger partial charge in [-0.1, -0.05) is 35.9 Å². The minimum atomic E-state index is -0.270. The zero-order valence-corrected chi connectivity index (χ0v) is 21.3. The average Bonchev–Trinajstić information content (AvgIpc) is 3.66. The van der Waals surface area contributed by atoms with E-state index >= 15 is 0 Å². The number of aromatic nitrogens is 2. The lowest BCUT2D eigenvalue weighted by atomic mass is 9.94. The maximum absolute atomic E-state index is 13.0. The summed E-state index contributed by atoms with van der Waals surface area (Å²) in [6.07, 6.45) is 3.17. The van der Waals surface area contributed by atoms with Crippen LogP contribution >= 0.6 is 11.6 Å². The topological polar surface area (TPSA) is 98.3 Å². The Morgan fingerprint density at radius 1 is 0.692 bits per heavy atom. The van der Waals surface area contributed by atoms with Gasteiger partial charge in [-0.15, -0.1) is 0 Å². The minimum Gasteiger partial charge on any atom is -0.309 e. The van der Waals surface area contributed by atoms with Crippen molar-refractivity contribution in [1.82, 2.24) is 20.8 Å². The third-order valence-electron chi connectivity index (χ3n) is 6.31. The summed E-state index contributed by atoms with van der Waals surface area (Å²) in [5, 5.41) is 18.0. The first kappa shape index (κ1) is 25.9. The lowest BCUT2D eigenvalue weighted by Crippen LogP contribution is -2.16. The fourth-order valence-corrected chi connectivity index (χ4v) is 4.44. The summed E-state index contributed by atoms with van der Waals surface area (Å²) in [6.45, 7) is 1.33. The molecule has 6 rings (SSSR count). The van der Waals surface area contributed by atoms with E-state index in [2.05, 4.69) is 31.0 Å². The van der Waals surface area contributed by atoms with E-state index in [0.29, 0.717) is 23.7 Å². The number of hydrogen-bond donors (Lipinski definition) is 2. The molecule has 0 radical (unpaired) electrons. The number of benzene rings is 2. The van der Waals surface area contributed by atoms with Gasteiger partial charge in [0.2, 0.25) is 0 Å². The van der Waals surface area contributed by atoms with E-state index in [4.69, 9.17) is 16.9 Å². The van der Waals surface area contributed by atoms with Gasteiger partial charge in [0, 0.05) is 25.5 Å². The zero-order chi connectivity index (χ0) is 27.2. The predicted octanol–water partition coefficient (Wildman–Crippen LogP) is 5.15. The molecule has 10 heteroatoms. The highest BCUT2D eigenvalue weighted by Crippen LogP contribution is 2.25. The van der Waals surface area contributed by atoms with Crippen molar-refractivity contribution in [1.29, 1.82) is 5.26 Å². The SMILES string of the molecule is Fc1ccc(C2=NNCC2c2ccc(Cl)cn2)cc1.N#Cc1ccc(C2CNN=C2c2ccc(F)cc2)nc1. The van der Waals surface area contributed by atoms with Crippen LogP contribution in [0.4, 0.5) is 8.78 Å². The molecule has 0 amide bonds. The molecule has 4 heterocycles. The second kappa shape index (κ2) is 11.8. The van der Waals surface area contributed by atoms with Crippen LogP contribution in [0, 0.1) is 23.0 Å².